The third-order valence-electron chi connectivity index (χ3n) is 3.78. The molecule has 1 fully saturated rings. The van der Waals surface area contributed by atoms with E-state index < -0.39 is 0 Å². The fourth-order valence-electron chi connectivity index (χ4n) is 2.58. The van der Waals surface area contributed by atoms with E-state index in [-0.39, 0.29) is 0 Å². The van der Waals surface area contributed by atoms with Crippen molar-refractivity contribution in [3.8, 4) is 0 Å². The normalized spacial score (nSPS) is 17.0. The molecule has 3 N–H and O–H groups in total. The molecule has 0 bridgehead atoms. The van der Waals surface area contributed by atoms with Crippen molar-refractivity contribution in [2.45, 2.75) is 45.4 Å². The Labute approximate surface area is 104 Å². The number of nitrogen functional groups attached to an aromatic ring is 1. The summed E-state index contributed by atoms with van der Waals surface area (Å²) in [5, 5.41) is 3.36. The smallest absolute Gasteiger partial charge is 0.149 e. The molecule has 3 heteroatoms. The van der Waals surface area contributed by atoms with Crippen LogP contribution in [-0.4, -0.2) is 11.5 Å². The molecule has 1 aliphatic rings. The summed E-state index contributed by atoms with van der Waals surface area (Å²) in [5.74, 6) is 1.75. The first-order valence-electron chi connectivity index (χ1n) is 6.72. The van der Waals surface area contributed by atoms with Crippen molar-refractivity contribution in [3.63, 3.8) is 0 Å². The van der Waals surface area contributed by atoms with Gasteiger partial charge in [-0.3, -0.25) is 0 Å². The first-order valence-corrected chi connectivity index (χ1v) is 6.72. The van der Waals surface area contributed by atoms with Gasteiger partial charge in [0.15, 0.2) is 0 Å². The minimum atomic E-state index is 0.788. The van der Waals surface area contributed by atoms with Crippen LogP contribution in [0, 0.1) is 12.8 Å². The summed E-state index contributed by atoms with van der Waals surface area (Å²) in [6.45, 7) is 3.01. The third kappa shape index (κ3) is 3.35. The zero-order chi connectivity index (χ0) is 12.1. The molecule has 1 heterocycles. The lowest BCUT2D eigenvalue weighted by Crippen LogP contribution is -2.13. The lowest BCUT2D eigenvalue weighted by atomic mass is 9.87. The summed E-state index contributed by atoms with van der Waals surface area (Å²) in [5.41, 5.74) is 7.86. The van der Waals surface area contributed by atoms with Gasteiger partial charge >= 0.3 is 0 Å². The van der Waals surface area contributed by atoms with Crippen LogP contribution in [0.5, 0.6) is 0 Å². The van der Waals surface area contributed by atoms with E-state index in [2.05, 4.69) is 10.3 Å². The van der Waals surface area contributed by atoms with Crippen molar-refractivity contribution in [1.29, 1.82) is 0 Å². The predicted octanol–water partition coefficient (Wildman–Crippen LogP) is 3.35. The third-order valence-corrected chi connectivity index (χ3v) is 3.78. The Bertz CT molecular complexity index is 356. The molecular weight excluding hydrogens is 210 g/mol. The lowest BCUT2D eigenvalue weighted by molar-refractivity contribution is 0.345. The summed E-state index contributed by atoms with van der Waals surface area (Å²) in [7, 11) is 0. The zero-order valence-corrected chi connectivity index (χ0v) is 10.7. The van der Waals surface area contributed by atoms with Gasteiger partial charge in [0.2, 0.25) is 0 Å². The number of rotatable bonds is 4. The minimum absolute atomic E-state index is 0.788. The summed E-state index contributed by atoms with van der Waals surface area (Å²) >= 11 is 0. The molecule has 17 heavy (non-hydrogen) atoms. The van der Waals surface area contributed by atoms with Crippen molar-refractivity contribution in [2.75, 3.05) is 17.6 Å². The molecule has 0 aliphatic heterocycles. The van der Waals surface area contributed by atoms with Gasteiger partial charge in [0, 0.05) is 12.7 Å². The topological polar surface area (TPSA) is 50.9 Å². The van der Waals surface area contributed by atoms with Gasteiger partial charge in [0.25, 0.3) is 0 Å². The first kappa shape index (κ1) is 12.2. The molecule has 1 aromatic heterocycles. The maximum Gasteiger partial charge on any atom is 0.149 e. The van der Waals surface area contributed by atoms with Gasteiger partial charge < -0.3 is 11.1 Å². The Morgan fingerprint density at radius 2 is 2.12 bits per heavy atom. The number of nitrogens with zero attached hydrogens (tertiary/aromatic N) is 1. The van der Waals surface area contributed by atoms with Crippen LogP contribution in [0.3, 0.4) is 0 Å². The van der Waals surface area contributed by atoms with Crippen molar-refractivity contribution in [2.24, 2.45) is 5.92 Å². The van der Waals surface area contributed by atoms with Gasteiger partial charge in [-0.15, -0.1) is 0 Å². The number of hydrogen-bond acceptors (Lipinski definition) is 3. The van der Waals surface area contributed by atoms with Gasteiger partial charge in [-0.25, -0.2) is 4.98 Å². The van der Waals surface area contributed by atoms with Crippen molar-refractivity contribution < 1.29 is 0 Å². The van der Waals surface area contributed by atoms with Crippen LogP contribution in [0.2, 0.25) is 0 Å². The SMILES string of the molecule is Cc1ccnc(NCCC2CCCCC2)c1N. The highest BCUT2D eigenvalue weighted by Crippen LogP contribution is 2.26. The van der Waals surface area contributed by atoms with Crippen LogP contribution < -0.4 is 11.1 Å². The molecular formula is C14H23N3. The van der Waals surface area contributed by atoms with E-state index in [0.717, 1.165) is 29.5 Å². The second-order valence-corrected chi connectivity index (χ2v) is 5.11. The number of hydrogen-bond donors (Lipinski definition) is 2. The summed E-state index contributed by atoms with van der Waals surface area (Å²) in [6.07, 6.45) is 10.1. The zero-order valence-electron chi connectivity index (χ0n) is 10.7. The van der Waals surface area contributed by atoms with Gasteiger partial charge in [0.05, 0.1) is 5.69 Å². The molecule has 1 aliphatic carbocycles. The fourth-order valence-corrected chi connectivity index (χ4v) is 2.58. The van der Waals surface area contributed by atoms with Crippen LogP contribution in [0.4, 0.5) is 11.5 Å². The van der Waals surface area contributed by atoms with Gasteiger partial charge in [-0.1, -0.05) is 32.1 Å². The molecule has 2 rings (SSSR count). The lowest BCUT2D eigenvalue weighted by Gasteiger charge is -2.21. The van der Waals surface area contributed by atoms with E-state index in [1.54, 1.807) is 0 Å². The molecule has 0 unspecified atom stereocenters. The molecule has 94 valence electrons. The summed E-state index contributed by atoms with van der Waals surface area (Å²) in [6, 6.07) is 1.95. The maximum atomic E-state index is 5.98. The average Bonchev–Trinajstić information content (AvgIpc) is 2.36. The Morgan fingerprint density at radius 3 is 2.88 bits per heavy atom. The predicted molar refractivity (Wildman–Crippen MR) is 73.1 cm³/mol. The maximum absolute atomic E-state index is 5.98. The summed E-state index contributed by atoms with van der Waals surface area (Å²) < 4.78 is 0. The molecule has 0 saturated heterocycles. The highest BCUT2D eigenvalue weighted by atomic mass is 15.0. The second kappa shape index (κ2) is 5.89. The molecule has 0 radical (unpaired) electrons. The van der Waals surface area contributed by atoms with Crippen molar-refractivity contribution in [3.05, 3.63) is 17.8 Å². The quantitative estimate of drug-likeness (QED) is 0.838. The molecule has 0 spiro atoms. The first-order chi connectivity index (χ1) is 8.27. The highest BCUT2D eigenvalue weighted by molar-refractivity contribution is 5.64. The number of anilines is 2. The van der Waals surface area contributed by atoms with Gasteiger partial charge in [0.1, 0.15) is 5.82 Å². The van der Waals surface area contributed by atoms with Crippen LogP contribution in [0.15, 0.2) is 12.3 Å². The number of aromatic nitrogens is 1. The van der Waals surface area contributed by atoms with E-state index in [1.807, 2.05) is 19.2 Å². The van der Waals surface area contributed by atoms with Gasteiger partial charge in [-0.2, -0.15) is 0 Å². The molecule has 3 nitrogen and oxygen atoms in total. The van der Waals surface area contributed by atoms with Crippen LogP contribution >= 0.6 is 0 Å². The highest BCUT2D eigenvalue weighted by Gasteiger charge is 2.13. The standard InChI is InChI=1S/C14H23N3/c1-11-7-9-16-14(13(11)15)17-10-8-12-5-3-2-4-6-12/h7,9,12H,2-6,8,10,15H2,1H3,(H,16,17). The minimum Gasteiger partial charge on any atom is -0.396 e. The molecule has 1 aromatic rings. The second-order valence-electron chi connectivity index (χ2n) is 5.11. The van der Waals surface area contributed by atoms with Crippen molar-refractivity contribution in [1.82, 2.24) is 4.98 Å². The monoisotopic (exact) mass is 233 g/mol. The van der Waals surface area contributed by atoms with E-state index in [1.165, 1.54) is 38.5 Å². The van der Waals surface area contributed by atoms with Crippen LogP contribution in [0.1, 0.15) is 44.1 Å². The Hall–Kier alpha value is -1.25. The van der Waals surface area contributed by atoms with E-state index in [0.29, 0.717) is 0 Å². The van der Waals surface area contributed by atoms with Crippen molar-refractivity contribution >= 4 is 11.5 Å². The Morgan fingerprint density at radius 1 is 1.35 bits per heavy atom. The largest absolute Gasteiger partial charge is 0.396 e. The fraction of sp³-hybridized carbons (Fsp3) is 0.643. The number of nitrogens with one attached hydrogen (secondary N) is 1. The average molecular weight is 233 g/mol. The Kier molecular flexibility index (Phi) is 4.24. The van der Waals surface area contributed by atoms with E-state index in [9.17, 15) is 0 Å². The Balaban J connectivity index is 1.79. The molecule has 1 saturated carbocycles. The molecule has 0 atom stereocenters. The molecule has 0 amide bonds. The van der Waals surface area contributed by atoms with Crippen LogP contribution in [0.25, 0.3) is 0 Å². The number of nitrogens with two attached hydrogens (primary N) is 1. The van der Waals surface area contributed by atoms with E-state index in [4.69, 9.17) is 5.73 Å². The van der Waals surface area contributed by atoms with Crippen LogP contribution in [-0.2, 0) is 0 Å². The van der Waals surface area contributed by atoms with E-state index >= 15 is 0 Å². The number of aryl methyl sites for hydroxylation is 1. The molecule has 0 aromatic carbocycles. The number of pyridine rings is 1. The summed E-state index contributed by atoms with van der Waals surface area (Å²) in [4.78, 5) is 4.29. The van der Waals surface area contributed by atoms with Gasteiger partial charge in [-0.05, 0) is 30.9 Å².